The van der Waals surface area contributed by atoms with Gasteiger partial charge in [0.15, 0.2) is 0 Å². The molecule has 2 N–H and O–H groups in total. The van der Waals surface area contributed by atoms with Crippen molar-refractivity contribution in [3.63, 3.8) is 0 Å². The molecule has 1 aromatic rings. The Kier molecular flexibility index (Phi) is 4.10. The second-order valence-electron chi connectivity index (χ2n) is 6.30. The molecule has 2 fully saturated rings. The minimum Gasteiger partial charge on any atom is -0.382 e. The summed E-state index contributed by atoms with van der Waals surface area (Å²) < 4.78 is 0. The first kappa shape index (κ1) is 14.3. The Bertz CT molecular complexity index is 526. The monoisotopic (exact) mass is 289 g/mol. The predicted molar refractivity (Wildman–Crippen MR) is 83.6 cm³/mol. The van der Waals surface area contributed by atoms with E-state index < -0.39 is 0 Å². The predicted octanol–water partition coefficient (Wildman–Crippen LogP) is 3.24. The van der Waals surface area contributed by atoms with Crippen LogP contribution in [0.2, 0.25) is 0 Å². The quantitative estimate of drug-likeness (QED) is 0.659. The number of non-ortho nitro benzene ring substituents is 1. The first-order valence-electron chi connectivity index (χ1n) is 7.90. The van der Waals surface area contributed by atoms with Crippen LogP contribution < -0.4 is 10.6 Å². The molecule has 1 heterocycles. The van der Waals surface area contributed by atoms with Gasteiger partial charge in [-0.25, -0.2) is 0 Å². The van der Waals surface area contributed by atoms with E-state index in [1.165, 1.54) is 32.1 Å². The maximum atomic E-state index is 10.8. The molecule has 1 aromatic carbocycles. The molecular formula is C16H23N3O2. The highest BCUT2D eigenvalue weighted by Crippen LogP contribution is 2.34. The topological polar surface area (TPSA) is 67.2 Å². The Morgan fingerprint density at radius 1 is 1.29 bits per heavy atom. The highest BCUT2D eigenvalue weighted by molar-refractivity contribution is 5.56. The van der Waals surface area contributed by atoms with Gasteiger partial charge in [-0.2, -0.15) is 0 Å². The Morgan fingerprint density at radius 2 is 2.14 bits per heavy atom. The molecule has 3 unspecified atom stereocenters. The molecule has 0 aromatic heterocycles. The van der Waals surface area contributed by atoms with E-state index in [-0.39, 0.29) is 10.6 Å². The van der Waals surface area contributed by atoms with Crippen molar-refractivity contribution in [1.82, 2.24) is 5.32 Å². The third kappa shape index (κ3) is 3.02. The summed E-state index contributed by atoms with van der Waals surface area (Å²) in [6.45, 7) is 3.08. The maximum absolute atomic E-state index is 10.8. The van der Waals surface area contributed by atoms with Gasteiger partial charge in [0, 0.05) is 29.9 Å². The minimum atomic E-state index is -0.336. The van der Waals surface area contributed by atoms with Gasteiger partial charge in [0.05, 0.1) is 4.92 Å². The van der Waals surface area contributed by atoms with Gasteiger partial charge >= 0.3 is 0 Å². The Hall–Kier alpha value is -1.62. The first-order chi connectivity index (χ1) is 10.1. The summed E-state index contributed by atoms with van der Waals surface area (Å²) in [5.74, 6) is 0.682. The molecule has 5 heteroatoms. The Balaban J connectivity index is 1.71. The molecule has 1 aliphatic heterocycles. The van der Waals surface area contributed by atoms with Crippen molar-refractivity contribution >= 4 is 11.4 Å². The molecule has 1 saturated carbocycles. The number of rotatable bonds is 4. The number of benzene rings is 1. The molecule has 21 heavy (non-hydrogen) atoms. The summed E-state index contributed by atoms with van der Waals surface area (Å²) in [6.07, 6.45) is 6.31. The van der Waals surface area contributed by atoms with Gasteiger partial charge in [-0.1, -0.05) is 6.42 Å². The van der Waals surface area contributed by atoms with Gasteiger partial charge in [0.1, 0.15) is 0 Å². The van der Waals surface area contributed by atoms with Crippen molar-refractivity contribution in [1.29, 1.82) is 0 Å². The lowest BCUT2D eigenvalue weighted by Gasteiger charge is -2.28. The van der Waals surface area contributed by atoms with Gasteiger partial charge in [0.2, 0.25) is 0 Å². The van der Waals surface area contributed by atoms with E-state index in [4.69, 9.17) is 0 Å². The second-order valence-corrected chi connectivity index (χ2v) is 6.30. The van der Waals surface area contributed by atoms with Crippen LogP contribution in [-0.2, 0) is 0 Å². The average molecular weight is 289 g/mol. The van der Waals surface area contributed by atoms with E-state index in [9.17, 15) is 10.1 Å². The van der Waals surface area contributed by atoms with Gasteiger partial charge in [0.25, 0.3) is 5.69 Å². The number of anilines is 1. The second kappa shape index (κ2) is 6.02. The molecule has 114 valence electrons. The van der Waals surface area contributed by atoms with Crippen LogP contribution in [0, 0.1) is 23.0 Å². The van der Waals surface area contributed by atoms with Gasteiger partial charge in [-0.05, 0) is 56.7 Å². The third-order valence-electron chi connectivity index (χ3n) is 4.95. The summed E-state index contributed by atoms with van der Waals surface area (Å²) in [7, 11) is 0. The summed E-state index contributed by atoms with van der Waals surface area (Å²) in [5, 5.41) is 18.1. The molecule has 1 aliphatic carbocycles. The summed E-state index contributed by atoms with van der Waals surface area (Å²) >= 11 is 0. The first-order valence-corrected chi connectivity index (χ1v) is 7.90. The number of hydrogen-bond donors (Lipinski definition) is 2. The SMILES string of the molecule is Cc1cc([N+](=O)[O-])ccc1NC1CCCC1C1CCCN1. The van der Waals surface area contributed by atoms with Gasteiger partial charge < -0.3 is 10.6 Å². The molecule has 0 spiro atoms. The zero-order chi connectivity index (χ0) is 14.8. The molecule has 0 amide bonds. The van der Waals surface area contributed by atoms with E-state index >= 15 is 0 Å². The largest absolute Gasteiger partial charge is 0.382 e. The van der Waals surface area contributed by atoms with Crippen LogP contribution in [0.3, 0.4) is 0 Å². The van der Waals surface area contributed by atoms with Crippen molar-refractivity contribution in [3.8, 4) is 0 Å². The van der Waals surface area contributed by atoms with Crippen LogP contribution in [0.5, 0.6) is 0 Å². The fourth-order valence-corrected chi connectivity index (χ4v) is 3.85. The van der Waals surface area contributed by atoms with Gasteiger partial charge in [-0.15, -0.1) is 0 Å². The van der Waals surface area contributed by atoms with Crippen LogP contribution in [0.4, 0.5) is 11.4 Å². The van der Waals surface area contributed by atoms with E-state index in [0.717, 1.165) is 17.8 Å². The lowest BCUT2D eigenvalue weighted by molar-refractivity contribution is -0.384. The van der Waals surface area contributed by atoms with Crippen LogP contribution in [0.25, 0.3) is 0 Å². The van der Waals surface area contributed by atoms with E-state index in [1.807, 2.05) is 13.0 Å². The maximum Gasteiger partial charge on any atom is 0.269 e. The molecular weight excluding hydrogens is 266 g/mol. The van der Waals surface area contributed by atoms with Crippen molar-refractivity contribution < 1.29 is 4.92 Å². The van der Waals surface area contributed by atoms with Crippen LogP contribution in [-0.4, -0.2) is 23.6 Å². The summed E-state index contributed by atoms with van der Waals surface area (Å²) in [6, 6.07) is 6.22. The van der Waals surface area contributed by atoms with Crippen molar-refractivity contribution in [2.45, 2.75) is 51.1 Å². The molecule has 3 rings (SSSR count). The zero-order valence-corrected chi connectivity index (χ0v) is 12.5. The number of aryl methyl sites for hydroxylation is 1. The Labute approximate surface area is 125 Å². The Morgan fingerprint density at radius 3 is 2.81 bits per heavy atom. The van der Waals surface area contributed by atoms with Crippen LogP contribution in [0.15, 0.2) is 18.2 Å². The number of nitrogens with one attached hydrogen (secondary N) is 2. The fourth-order valence-electron chi connectivity index (χ4n) is 3.85. The third-order valence-corrected chi connectivity index (χ3v) is 4.95. The highest BCUT2D eigenvalue weighted by atomic mass is 16.6. The van der Waals surface area contributed by atoms with E-state index in [0.29, 0.717) is 18.0 Å². The van der Waals surface area contributed by atoms with Crippen molar-refractivity contribution in [2.75, 3.05) is 11.9 Å². The molecule has 5 nitrogen and oxygen atoms in total. The summed E-state index contributed by atoms with van der Waals surface area (Å²) in [5.41, 5.74) is 2.16. The molecule has 0 radical (unpaired) electrons. The van der Waals surface area contributed by atoms with Crippen LogP contribution >= 0.6 is 0 Å². The minimum absolute atomic E-state index is 0.165. The number of nitrogens with zero attached hydrogens (tertiary/aromatic N) is 1. The molecule has 2 aliphatic rings. The van der Waals surface area contributed by atoms with E-state index in [1.54, 1.807) is 12.1 Å². The van der Waals surface area contributed by atoms with Gasteiger partial charge in [-0.3, -0.25) is 10.1 Å². The molecule has 0 bridgehead atoms. The normalized spacial score (nSPS) is 28.7. The van der Waals surface area contributed by atoms with Crippen molar-refractivity contribution in [2.24, 2.45) is 5.92 Å². The fraction of sp³-hybridized carbons (Fsp3) is 0.625. The number of nitro benzene ring substituents is 1. The zero-order valence-electron chi connectivity index (χ0n) is 12.5. The standard InChI is InChI=1S/C16H23N3O2/c1-11-10-12(19(20)21)7-8-14(11)18-16-5-2-4-13(16)15-6-3-9-17-15/h7-8,10,13,15-18H,2-6,9H2,1H3. The average Bonchev–Trinajstić information content (AvgIpc) is 3.11. The lowest BCUT2D eigenvalue weighted by atomic mass is 9.93. The van der Waals surface area contributed by atoms with Crippen molar-refractivity contribution in [3.05, 3.63) is 33.9 Å². The highest BCUT2D eigenvalue weighted by Gasteiger charge is 2.35. The molecule has 3 atom stereocenters. The van der Waals surface area contributed by atoms with E-state index in [2.05, 4.69) is 10.6 Å². The molecule has 1 saturated heterocycles. The summed E-state index contributed by atoms with van der Waals surface area (Å²) in [4.78, 5) is 10.5. The smallest absolute Gasteiger partial charge is 0.269 e. The number of hydrogen-bond acceptors (Lipinski definition) is 4. The lowest BCUT2D eigenvalue weighted by Crippen LogP contribution is -2.38. The van der Waals surface area contributed by atoms with Crippen LogP contribution in [0.1, 0.15) is 37.7 Å². The number of nitro groups is 1.